The average Bonchev–Trinajstić information content (AvgIpc) is 3.35. The van der Waals surface area contributed by atoms with Gasteiger partial charge in [0.05, 0.1) is 17.6 Å². The summed E-state index contributed by atoms with van der Waals surface area (Å²) in [6.45, 7) is 0. The van der Waals surface area contributed by atoms with Crippen molar-refractivity contribution in [3.8, 4) is 17.2 Å². The van der Waals surface area contributed by atoms with Crippen LogP contribution in [0.15, 0.2) is 95.0 Å². The number of carbonyl (C=O) groups is 1. The smallest absolute Gasteiger partial charge is 0.269 e. The monoisotopic (exact) mass is 503 g/mol. The number of para-hydroxylation sites is 1. The second-order valence-corrected chi connectivity index (χ2v) is 8.80. The highest BCUT2D eigenvalue weighted by Gasteiger charge is 2.16. The van der Waals surface area contributed by atoms with Crippen LogP contribution in [0.25, 0.3) is 16.7 Å². The fraction of sp³-hybridized carbons (Fsp3) is 0.0400. The van der Waals surface area contributed by atoms with Crippen molar-refractivity contribution in [2.75, 3.05) is 11.1 Å². The van der Waals surface area contributed by atoms with Gasteiger partial charge in [-0.05, 0) is 60.7 Å². The normalized spacial score (nSPS) is 10.9. The highest BCUT2D eigenvalue weighted by molar-refractivity contribution is 7.99. The van der Waals surface area contributed by atoms with E-state index in [9.17, 15) is 9.59 Å². The minimum Gasteiger partial charge on any atom is -0.457 e. The topological polar surface area (TPSA) is 102 Å². The SMILES string of the molecule is O=C(CSc1nc2[nH]ncc2c(=O)n1-c1ccc(Cl)cc1)Nc1ccc(Oc2ccccc2)cc1. The van der Waals surface area contributed by atoms with Crippen molar-refractivity contribution < 1.29 is 9.53 Å². The number of aromatic nitrogens is 4. The van der Waals surface area contributed by atoms with E-state index in [2.05, 4.69) is 20.5 Å². The zero-order valence-corrected chi connectivity index (χ0v) is 19.7. The molecule has 2 heterocycles. The molecule has 0 aliphatic rings. The molecule has 0 spiro atoms. The first-order valence-electron chi connectivity index (χ1n) is 10.5. The molecule has 0 unspecified atom stereocenters. The van der Waals surface area contributed by atoms with Gasteiger partial charge in [-0.25, -0.2) is 4.98 Å². The lowest BCUT2D eigenvalue weighted by atomic mass is 10.3. The fourth-order valence-corrected chi connectivity index (χ4v) is 4.28. The minimum atomic E-state index is -0.289. The lowest BCUT2D eigenvalue weighted by Gasteiger charge is -2.12. The van der Waals surface area contributed by atoms with Gasteiger partial charge in [-0.3, -0.25) is 19.3 Å². The van der Waals surface area contributed by atoms with Gasteiger partial charge >= 0.3 is 0 Å². The third-order valence-electron chi connectivity index (χ3n) is 4.99. The maximum Gasteiger partial charge on any atom is 0.269 e. The molecule has 2 N–H and O–H groups in total. The third kappa shape index (κ3) is 5.21. The molecule has 1 amide bonds. The number of nitrogens with one attached hydrogen (secondary N) is 2. The number of thioether (sulfide) groups is 1. The Labute approximate surface area is 208 Å². The molecule has 0 bridgehead atoms. The molecule has 0 aliphatic heterocycles. The molecule has 5 aromatic rings. The minimum absolute atomic E-state index is 0.0436. The van der Waals surface area contributed by atoms with Crippen LogP contribution in [-0.4, -0.2) is 31.4 Å². The van der Waals surface area contributed by atoms with Gasteiger partial charge in [-0.1, -0.05) is 41.6 Å². The maximum absolute atomic E-state index is 13.1. The number of fused-ring (bicyclic) bond motifs is 1. The van der Waals surface area contributed by atoms with E-state index in [0.29, 0.717) is 38.3 Å². The van der Waals surface area contributed by atoms with Crippen molar-refractivity contribution in [1.82, 2.24) is 19.7 Å². The molecular weight excluding hydrogens is 486 g/mol. The van der Waals surface area contributed by atoms with Crippen LogP contribution in [-0.2, 0) is 4.79 Å². The molecular formula is C25H18ClN5O3S. The second kappa shape index (κ2) is 10.0. The van der Waals surface area contributed by atoms with E-state index in [1.165, 1.54) is 10.8 Å². The number of nitrogens with zero attached hydrogens (tertiary/aromatic N) is 3. The van der Waals surface area contributed by atoms with Crippen molar-refractivity contribution in [2.45, 2.75) is 5.16 Å². The Kier molecular flexibility index (Phi) is 6.51. The van der Waals surface area contributed by atoms with E-state index in [-0.39, 0.29) is 17.2 Å². The number of benzene rings is 3. The Hall–Kier alpha value is -4.08. The molecule has 3 aromatic carbocycles. The third-order valence-corrected chi connectivity index (χ3v) is 6.18. The summed E-state index contributed by atoms with van der Waals surface area (Å²) in [5, 5.41) is 10.7. The van der Waals surface area contributed by atoms with Crippen LogP contribution in [0.5, 0.6) is 11.5 Å². The molecule has 10 heteroatoms. The zero-order valence-electron chi connectivity index (χ0n) is 18.1. The Morgan fingerprint density at radius 1 is 1.00 bits per heavy atom. The van der Waals surface area contributed by atoms with Gasteiger partial charge in [-0.2, -0.15) is 5.10 Å². The summed E-state index contributed by atoms with van der Waals surface area (Å²) in [5.74, 6) is 1.19. The van der Waals surface area contributed by atoms with E-state index >= 15 is 0 Å². The Morgan fingerprint density at radius 2 is 1.71 bits per heavy atom. The lowest BCUT2D eigenvalue weighted by Crippen LogP contribution is -2.22. The van der Waals surface area contributed by atoms with Crippen LogP contribution < -0.4 is 15.6 Å². The molecule has 0 saturated heterocycles. The summed E-state index contributed by atoms with van der Waals surface area (Å²) >= 11 is 7.15. The highest BCUT2D eigenvalue weighted by Crippen LogP contribution is 2.24. The van der Waals surface area contributed by atoms with Crippen molar-refractivity contribution in [2.24, 2.45) is 0 Å². The van der Waals surface area contributed by atoms with Gasteiger partial charge < -0.3 is 10.1 Å². The first-order valence-corrected chi connectivity index (χ1v) is 11.9. The van der Waals surface area contributed by atoms with Crippen molar-refractivity contribution in [3.05, 3.63) is 100 Å². The van der Waals surface area contributed by atoms with E-state index < -0.39 is 0 Å². The molecule has 2 aromatic heterocycles. The molecule has 174 valence electrons. The molecule has 0 saturated carbocycles. The Bertz CT molecular complexity index is 1530. The number of ether oxygens (including phenoxy) is 1. The van der Waals surface area contributed by atoms with Crippen molar-refractivity contribution in [3.63, 3.8) is 0 Å². The molecule has 0 fully saturated rings. The second-order valence-electron chi connectivity index (χ2n) is 7.42. The number of anilines is 1. The van der Waals surface area contributed by atoms with Crippen LogP contribution in [0, 0.1) is 0 Å². The molecule has 0 radical (unpaired) electrons. The molecule has 35 heavy (non-hydrogen) atoms. The number of hydrogen-bond acceptors (Lipinski definition) is 6. The summed E-state index contributed by atoms with van der Waals surface area (Å²) < 4.78 is 7.22. The largest absolute Gasteiger partial charge is 0.457 e. The predicted octanol–water partition coefficient (Wildman–Crippen LogP) is 5.29. The average molecular weight is 504 g/mol. The van der Waals surface area contributed by atoms with Crippen LogP contribution in [0.2, 0.25) is 5.02 Å². The molecule has 0 aliphatic carbocycles. The Balaban J connectivity index is 1.30. The van der Waals surface area contributed by atoms with Crippen LogP contribution in [0.1, 0.15) is 0 Å². The Morgan fingerprint density at radius 3 is 2.46 bits per heavy atom. The first-order chi connectivity index (χ1) is 17.1. The first kappa shape index (κ1) is 22.7. The summed E-state index contributed by atoms with van der Waals surface area (Å²) in [6.07, 6.45) is 1.43. The van der Waals surface area contributed by atoms with E-state index in [0.717, 1.165) is 17.5 Å². The van der Waals surface area contributed by atoms with Gasteiger partial charge in [0.15, 0.2) is 10.8 Å². The summed E-state index contributed by atoms with van der Waals surface area (Å²) in [7, 11) is 0. The number of halogens is 1. The fourth-order valence-electron chi connectivity index (χ4n) is 3.35. The van der Waals surface area contributed by atoms with Crippen LogP contribution in [0.3, 0.4) is 0 Å². The molecule has 0 atom stereocenters. The number of amides is 1. The standard InChI is InChI=1S/C25H18ClN5O3S/c26-16-6-10-18(11-7-16)31-24(33)21-14-27-30-23(21)29-25(31)35-15-22(32)28-17-8-12-20(13-9-17)34-19-4-2-1-3-5-19/h1-14H,15H2,(H,27,30)(H,28,32). The van der Waals surface area contributed by atoms with Crippen molar-refractivity contribution >= 4 is 46.0 Å². The highest BCUT2D eigenvalue weighted by atomic mass is 35.5. The number of carbonyl (C=O) groups excluding carboxylic acids is 1. The quantitative estimate of drug-likeness (QED) is 0.231. The van der Waals surface area contributed by atoms with Crippen molar-refractivity contribution in [1.29, 1.82) is 0 Å². The zero-order chi connectivity index (χ0) is 24.2. The maximum atomic E-state index is 13.1. The van der Waals surface area contributed by atoms with E-state index in [1.54, 1.807) is 48.5 Å². The number of hydrogen-bond donors (Lipinski definition) is 2. The van der Waals surface area contributed by atoms with Gasteiger partial charge in [0.25, 0.3) is 5.56 Å². The van der Waals surface area contributed by atoms with Gasteiger partial charge in [0.2, 0.25) is 5.91 Å². The van der Waals surface area contributed by atoms with E-state index in [1.807, 2.05) is 30.3 Å². The van der Waals surface area contributed by atoms with Gasteiger partial charge in [0, 0.05) is 10.7 Å². The molecule has 5 rings (SSSR count). The molecule has 8 nitrogen and oxygen atoms in total. The van der Waals surface area contributed by atoms with E-state index in [4.69, 9.17) is 16.3 Å². The summed E-state index contributed by atoms with van der Waals surface area (Å²) in [5.41, 5.74) is 1.29. The summed E-state index contributed by atoms with van der Waals surface area (Å²) in [4.78, 5) is 30.2. The predicted molar refractivity (Wildman–Crippen MR) is 137 cm³/mol. The van der Waals surface area contributed by atoms with Gasteiger partial charge in [0.1, 0.15) is 16.9 Å². The van der Waals surface area contributed by atoms with Crippen LogP contribution in [0.4, 0.5) is 5.69 Å². The number of rotatable bonds is 7. The lowest BCUT2D eigenvalue weighted by molar-refractivity contribution is -0.113. The summed E-state index contributed by atoms with van der Waals surface area (Å²) in [6, 6.07) is 23.4. The van der Waals surface area contributed by atoms with Crippen LogP contribution >= 0.6 is 23.4 Å². The number of H-pyrrole nitrogens is 1. The number of aromatic amines is 1. The van der Waals surface area contributed by atoms with Gasteiger partial charge in [-0.15, -0.1) is 0 Å².